The van der Waals surface area contributed by atoms with Gasteiger partial charge in [-0.05, 0) is 24.3 Å². The van der Waals surface area contributed by atoms with E-state index >= 15 is 0 Å². The fourth-order valence-electron chi connectivity index (χ4n) is 1.63. The molecule has 0 heterocycles. The minimum absolute atomic E-state index is 0. The topological polar surface area (TPSA) is 138 Å². The van der Waals surface area contributed by atoms with E-state index in [1.54, 1.807) is 12.1 Å². The van der Waals surface area contributed by atoms with Crippen LogP contribution < -0.4 is 11.5 Å². The molecule has 0 radical (unpaired) electrons. The SMILES string of the molecule is F.F.F.F.F.Nc1ccc(Sc2ccc(N)c([N+](=O)[O-])c2)cc1[N+](=O)[O-]. The summed E-state index contributed by atoms with van der Waals surface area (Å²) in [5.41, 5.74) is 10.7. The standard InChI is InChI=1S/C12H10N4O4S.5FH/c13-9-3-1-7(5-11(9)15(17)18)21-8-2-4-10(14)12(6-8)16(19)20;;;;;/h1-6H,13-14H2;5*1H. The van der Waals surface area contributed by atoms with E-state index in [-0.39, 0.29) is 46.3 Å². The first kappa shape index (κ1) is 30.7. The summed E-state index contributed by atoms with van der Waals surface area (Å²) in [5, 5.41) is 21.6. The lowest BCUT2D eigenvalue weighted by molar-refractivity contribution is -0.384. The Balaban J connectivity index is -0.000000484. The second kappa shape index (κ2) is 12.2. The number of nitrogens with zero attached hydrogens (tertiary/aromatic N) is 2. The average Bonchev–Trinajstić information content (AvgIpc) is 2.42. The van der Waals surface area contributed by atoms with Gasteiger partial charge in [-0.15, -0.1) is 0 Å². The van der Waals surface area contributed by atoms with Gasteiger partial charge in [0, 0.05) is 21.9 Å². The van der Waals surface area contributed by atoms with Crippen molar-refractivity contribution in [3.63, 3.8) is 0 Å². The number of rotatable bonds is 4. The van der Waals surface area contributed by atoms with Crippen LogP contribution in [0, 0.1) is 20.2 Å². The van der Waals surface area contributed by atoms with E-state index in [2.05, 4.69) is 0 Å². The smallest absolute Gasteiger partial charge is 0.293 e. The third kappa shape index (κ3) is 6.76. The molecule has 0 saturated heterocycles. The Kier molecular flexibility index (Phi) is 14.4. The van der Waals surface area contributed by atoms with Crippen LogP contribution in [-0.4, -0.2) is 9.85 Å². The minimum Gasteiger partial charge on any atom is -0.393 e. The molecule has 0 amide bonds. The van der Waals surface area contributed by atoms with Crippen LogP contribution in [-0.2, 0) is 0 Å². The fourth-order valence-corrected chi connectivity index (χ4v) is 2.51. The summed E-state index contributed by atoms with van der Waals surface area (Å²) in [5.74, 6) is 0. The van der Waals surface area contributed by atoms with Crippen molar-refractivity contribution in [1.29, 1.82) is 0 Å². The van der Waals surface area contributed by atoms with Gasteiger partial charge in [0.1, 0.15) is 11.4 Å². The molecule has 2 rings (SSSR count). The first-order valence-electron chi connectivity index (χ1n) is 5.64. The van der Waals surface area contributed by atoms with Crippen LogP contribution >= 0.6 is 11.8 Å². The molecule has 8 nitrogen and oxygen atoms in total. The van der Waals surface area contributed by atoms with Gasteiger partial charge in [0.15, 0.2) is 0 Å². The van der Waals surface area contributed by atoms with E-state index in [9.17, 15) is 20.2 Å². The van der Waals surface area contributed by atoms with Crippen molar-refractivity contribution >= 4 is 34.5 Å². The number of nitrogen functional groups attached to an aromatic ring is 2. The van der Waals surface area contributed by atoms with E-state index in [1.165, 1.54) is 24.3 Å². The molecule has 0 aliphatic rings. The Morgan fingerprint density at radius 1 is 0.692 bits per heavy atom. The van der Waals surface area contributed by atoms with Gasteiger partial charge in [0.2, 0.25) is 0 Å². The Morgan fingerprint density at radius 2 is 1.00 bits per heavy atom. The number of nitro benzene ring substituents is 2. The van der Waals surface area contributed by atoms with Gasteiger partial charge in [-0.25, -0.2) is 0 Å². The van der Waals surface area contributed by atoms with Gasteiger partial charge in [-0.1, -0.05) is 11.8 Å². The van der Waals surface area contributed by atoms with Gasteiger partial charge >= 0.3 is 0 Å². The predicted molar refractivity (Wildman–Crippen MR) is 91.7 cm³/mol. The van der Waals surface area contributed by atoms with Gasteiger partial charge < -0.3 is 11.5 Å². The molecule has 4 N–H and O–H groups in total. The van der Waals surface area contributed by atoms with E-state index in [0.29, 0.717) is 9.79 Å². The zero-order chi connectivity index (χ0) is 15.6. The Bertz CT molecular complexity index is 692. The van der Waals surface area contributed by atoms with E-state index in [1.807, 2.05) is 0 Å². The van der Waals surface area contributed by atoms with Crippen molar-refractivity contribution in [1.82, 2.24) is 0 Å². The molecule has 0 unspecified atom stereocenters. The highest BCUT2D eigenvalue weighted by Gasteiger charge is 2.15. The molecular formula is C12H15F5N4O4S. The summed E-state index contributed by atoms with van der Waals surface area (Å²) >= 11 is 1.15. The van der Waals surface area contributed by atoms with Gasteiger partial charge in [0.25, 0.3) is 11.4 Å². The van der Waals surface area contributed by atoms with Crippen molar-refractivity contribution in [2.24, 2.45) is 0 Å². The molecular weight excluding hydrogens is 391 g/mol. The largest absolute Gasteiger partial charge is 0.393 e. The number of anilines is 2. The molecule has 2 aromatic rings. The number of nitrogens with two attached hydrogens (primary N) is 2. The molecule has 26 heavy (non-hydrogen) atoms. The zero-order valence-corrected chi connectivity index (χ0v) is 13.4. The molecule has 0 fully saturated rings. The Labute approximate surface area is 146 Å². The predicted octanol–water partition coefficient (Wildman–Crippen LogP) is 3.58. The summed E-state index contributed by atoms with van der Waals surface area (Å²) < 4.78 is 0. The molecule has 0 bridgehead atoms. The lowest BCUT2D eigenvalue weighted by Gasteiger charge is -2.04. The summed E-state index contributed by atoms with van der Waals surface area (Å²) in [6.07, 6.45) is 0. The molecule has 0 spiro atoms. The van der Waals surface area contributed by atoms with Crippen LogP contribution in [0.25, 0.3) is 0 Å². The lowest BCUT2D eigenvalue weighted by Crippen LogP contribution is -1.96. The maximum absolute atomic E-state index is 10.8. The van der Waals surface area contributed by atoms with Crippen molar-refractivity contribution in [3.05, 3.63) is 56.6 Å². The molecule has 0 aromatic heterocycles. The molecule has 14 heteroatoms. The highest BCUT2D eigenvalue weighted by Crippen LogP contribution is 2.35. The quantitative estimate of drug-likeness (QED) is 0.342. The van der Waals surface area contributed by atoms with Gasteiger partial charge in [-0.3, -0.25) is 43.8 Å². The highest BCUT2D eigenvalue weighted by atomic mass is 32.2. The van der Waals surface area contributed by atoms with Crippen LogP contribution in [0.2, 0.25) is 0 Å². The van der Waals surface area contributed by atoms with Crippen LogP contribution in [0.4, 0.5) is 46.3 Å². The van der Waals surface area contributed by atoms with Crippen LogP contribution in [0.5, 0.6) is 0 Å². The molecule has 0 atom stereocenters. The number of hydrogen-bond acceptors (Lipinski definition) is 7. The third-order valence-electron chi connectivity index (χ3n) is 2.63. The Morgan fingerprint density at radius 3 is 1.27 bits per heavy atom. The highest BCUT2D eigenvalue weighted by molar-refractivity contribution is 7.99. The molecule has 0 saturated carbocycles. The summed E-state index contributed by atoms with van der Waals surface area (Å²) in [6.45, 7) is 0. The van der Waals surface area contributed by atoms with Crippen molar-refractivity contribution in [3.8, 4) is 0 Å². The minimum atomic E-state index is -0.579. The van der Waals surface area contributed by atoms with Crippen LogP contribution in [0.1, 0.15) is 0 Å². The zero-order valence-electron chi connectivity index (χ0n) is 12.6. The molecule has 148 valence electrons. The average molecular weight is 406 g/mol. The summed E-state index contributed by atoms with van der Waals surface area (Å²) in [4.78, 5) is 21.6. The number of halogens is 5. The van der Waals surface area contributed by atoms with E-state index in [0.717, 1.165) is 11.8 Å². The van der Waals surface area contributed by atoms with Crippen molar-refractivity contribution < 1.29 is 33.4 Å². The van der Waals surface area contributed by atoms with Crippen molar-refractivity contribution in [2.75, 3.05) is 11.5 Å². The summed E-state index contributed by atoms with van der Waals surface area (Å²) in [6, 6.07) is 8.70. The first-order valence-corrected chi connectivity index (χ1v) is 6.46. The summed E-state index contributed by atoms with van der Waals surface area (Å²) in [7, 11) is 0. The second-order valence-corrected chi connectivity index (χ2v) is 5.20. The third-order valence-corrected chi connectivity index (χ3v) is 3.61. The Hall–Kier alpha value is -3.16. The van der Waals surface area contributed by atoms with Crippen LogP contribution in [0.15, 0.2) is 46.2 Å². The number of nitro groups is 2. The molecule has 2 aromatic carbocycles. The van der Waals surface area contributed by atoms with Crippen LogP contribution in [0.3, 0.4) is 0 Å². The maximum Gasteiger partial charge on any atom is 0.293 e. The second-order valence-electron chi connectivity index (χ2n) is 4.06. The molecule has 0 aliphatic carbocycles. The van der Waals surface area contributed by atoms with E-state index < -0.39 is 9.85 Å². The number of benzene rings is 2. The van der Waals surface area contributed by atoms with Gasteiger partial charge in [0.05, 0.1) is 9.85 Å². The number of hydrogen-bond donors (Lipinski definition) is 2. The maximum atomic E-state index is 10.8. The normalized spacial score (nSPS) is 8.31. The van der Waals surface area contributed by atoms with Crippen molar-refractivity contribution in [2.45, 2.75) is 9.79 Å². The lowest BCUT2D eigenvalue weighted by atomic mass is 10.3. The first-order chi connectivity index (χ1) is 9.88. The fraction of sp³-hybridized carbons (Fsp3) is 0. The molecule has 0 aliphatic heterocycles. The van der Waals surface area contributed by atoms with Gasteiger partial charge in [-0.2, -0.15) is 0 Å². The monoisotopic (exact) mass is 406 g/mol. The van der Waals surface area contributed by atoms with E-state index in [4.69, 9.17) is 11.5 Å².